The van der Waals surface area contributed by atoms with Crippen molar-refractivity contribution in [3.63, 3.8) is 0 Å². The van der Waals surface area contributed by atoms with Gasteiger partial charge in [0.25, 0.3) is 0 Å². The lowest BCUT2D eigenvalue weighted by molar-refractivity contribution is -0.207. The number of esters is 4. The van der Waals surface area contributed by atoms with Crippen molar-refractivity contribution in [1.82, 2.24) is 0 Å². The molecule has 0 aliphatic carbocycles. The fourth-order valence-corrected chi connectivity index (χ4v) is 6.71. The molecule has 9 nitrogen and oxygen atoms in total. The van der Waals surface area contributed by atoms with Crippen LogP contribution in [0.5, 0.6) is 0 Å². The number of thioether (sulfide) groups is 1. The lowest BCUT2D eigenvalue weighted by atomic mass is 9.98. The van der Waals surface area contributed by atoms with E-state index in [1.165, 1.54) is 0 Å². The molecule has 5 atom stereocenters. The normalized spacial score (nSPS) is 19.7. The van der Waals surface area contributed by atoms with Gasteiger partial charge in [0.2, 0.25) is 0 Å². The second-order valence-corrected chi connectivity index (χ2v) is 12.9. The van der Waals surface area contributed by atoms with Crippen molar-refractivity contribution in [2.45, 2.75) is 34.7 Å². The van der Waals surface area contributed by atoms with E-state index in [2.05, 4.69) is 0 Å². The Bertz CT molecular complexity index is 1940. The van der Waals surface area contributed by atoms with Crippen LogP contribution in [-0.2, 0) is 23.7 Å². The van der Waals surface area contributed by atoms with Gasteiger partial charge in [-0.1, -0.05) is 102 Å². The van der Waals surface area contributed by atoms with Crippen molar-refractivity contribution in [1.29, 1.82) is 0 Å². The largest absolute Gasteiger partial charge is 0.459 e. The van der Waals surface area contributed by atoms with Crippen molar-refractivity contribution >= 4 is 47.2 Å². The van der Waals surface area contributed by atoms with Gasteiger partial charge in [-0.05, 0) is 66.7 Å². The average molecular weight is 723 g/mol. The molecule has 5 aromatic carbocycles. The van der Waals surface area contributed by atoms with Crippen LogP contribution in [0.1, 0.15) is 41.4 Å². The van der Waals surface area contributed by atoms with E-state index in [1.54, 1.807) is 146 Å². The summed E-state index contributed by atoms with van der Waals surface area (Å²) in [5.41, 5.74) is -0.140. The Kier molecular flexibility index (Phi) is 11.8. The van der Waals surface area contributed by atoms with E-state index in [-0.39, 0.29) is 22.3 Å². The number of ether oxygens (including phenoxy) is 5. The van der Waals surface area contributed by atoms with E-state index in [1.807, 2.05) is 0 Å². The molecule has 1 heterocycles. The zero-order valence-corrected chi connectivity index (χ0v) is 28.5. The first-order valence-corrected chi connectivity index (χ1v) is 17.2. The number of rotatable bonds is 11. The van der Waals surface area contributed by atoms with E-state index in [9.17, 15) is 19.2 Å². The molecule has 258 valence electrons. The molecule has 0 aromatic heterocycles. The van der Waals surface area contributed by atoms with E-state index >= 15 is 0 Å². The minimum atomic E-state index is -1.44. The molecule has 0 unspecified atom stereocenters. The molecular weight excluding hydrogens is 692 g/mol. The molecule has 0 spiro atoms. The van der Waals surface area contributed by atoms with Crippen molar-refractivity contribution < 1.29 is 42.9 Å². The van der Waals surface area contributed by atoms with Gasteiger partial charge < -0.3 is 23.7 Å². The second kappa shape index (κ2) is 17.0. The summed E-state index contributed by atoms with van der Waals surface area (Å²) >= 11 is 7.46. The Balaban J connectivity index is 1.42. The van der Waals surface area contributed by atoms with Crippen LogP contribution in [0.3, 0.4) is 0 Å². The molecule has 1 fully saturated rings. The summed E-state index contributed by atoms with van der Waals surface area (Å²) in [4.78, 5) is 54.7. The van der Waals surface area contributed by atoms with Crippen LogP contribution in [0.25, 0.3) is 0 Å². The van der Waals surface area contributed by atoms with E-state index in [4.69, 9.17) is 35.3 Å². The average Bonchev–Trinajstić information content (AvgIpc) is 3.17. The molecule has 51 heavy (non-hydrogen) atoms. The van der Waals surface area contributed by atoms with Gasteiger partial charge in [-0.25, -0.2) is 19.2 Å². The first-order chi connectivity index (χ1) is 24.9. The zero-order chi connectivity index (χ0) is 35.6. The van der Waals surface area contributed by atoms with Crippen molar-refractivity contribution in [3.05, 3.63) is 173 Å². The fourth-order valence-electron chi connectivity index (χ4n) is 5.30. The van der Waals surface area contributed by atoms with Crippen LogP contribution in [0.4, 0.5) is 0 Å². The minimum Gasteiger partial charge on any atom is -0.459 e. The lowest BCUT2D eigenvalue weighted by Crippen LogP contribution is -2.61. The number of benzene rings is 5. The smallest absolute Gasteiger partial charge is 0.338 e. The molecule has 11 heteroatoms. The summed E-state index contributed by atoms with van der Waals surface area (Å²) < 4.78 is 30.5. The van der Waals surface area contributed by atoms with E-state index in [0.29, 0.717) is 9.92 Å². The van der Waals surface area contributed by atoms with Crippen LogP contribution in [-0.4, -0.2) is 60.3 Å². The predicted octanol–water partition coefficient (Wildman–Crippen LogP) is 7.69. The van der Waals surface area contributed by atoms with Crippen LogP contribution in [0.15, 0.2) is 150 Å². The van der Waals surface area contributed by atoms with Gasteiger partial charge in [0, 0.05) is 9.92 Å². The number of halogens is 1. The molecule has 0 N–H and O–H groups in total. The summed E-state index contributed by atoms with van der Waals surface area (Å²) in [6, 6.07) is 40.0. The number of carbonyl (C=O) groups excluding carboxylic acids is 4. The highest BCUT2D eigenvalue weighted by atomic mass is 35.5. The van der Waals surface area contributed by atoms with Crippen molar-refractivity contribution in [3.8, 4) is 0 Å². The van der Waals surface area contributed by atoms with Crippen LogP contribution in [0.2, 0.25) is 5.02 Å². The topological polar surface area (TPSA) is 114 Å². The Morgan fingerprint density at radius 2 is 0.961 bits per heavy atom. The SMILES string of the molecule is O=C(OC[C@H]1O[C@@H](Sc2cccc(Cl)c2)[C@H](OC(=O)c2ccccc2)[C@@H](OC(=O)c2ccccc2)[C@@H]1OC(=O)c1ccccc1)c1ccccc1. The molecule has 5 aromatic rings. The molecule has 0 saturated carbocycles. The summed E-state index contributed by atoms with van der Waals surface area (Å²) in [6.45, 7) is -0.411. The third kappa shape index (κ3) is 9.23. The number of carbonyl (C=O) groups is 4. The molecule has 0 radical (unpaired) electrons. The molecule has 0 amide bonds. The lowest BCUT2D eigenvalue weighted by Gasteiger charge is -2.44. The van der Waals surface area contributed by atoms with Crippen LogP contribution < -0.4 is 0 Å². The highest BCUT2D eigenvalue weighted by molar-refractivity contribution is 7.99. The van der Waals surface area contributed by atoms with Crippen LogP contribution in [0, 0.1) is 0 Å². The fraction of sp³-hybridized carbons (Fsp3) is 0.150. The summed E-state index contributed by atoms with van der Waals surface area (Å²) in [7, 11) is 0. The molecule has 1 aliphatic rings. The first-order valence-electron chi connectivity index (χ1n) is 15.9. The molecule has 0 bridgehead atoms. The molecular formula is C40H31ClO9S. The van der Waals surface area contributed by atoms with Crippen LogP contribution >= 0.6 is 23.4 Å². The zero-order valence-electron chi connectivity index (χ0n) is 26.9. The van der Waals surface area contributed by atoms with Gasteiger partial charge >= 0.3 is 23.9 Å². The van der Waals surface area contributed by atoms with Gasteiger partial charge in [-0.2, -0.15) is 0 Å². The summed E-state index contributed by atoms with van der Waals surface area (Å²) in [6.07, 6.45) is -5.39. The summed E-state index contributed by atoms with van der Waals surface area (Å²) in [5.74, 6) is -2.92. The maximum absolute atomic E-state index is 13.7. The van der Waals surface area contributed by atoms with Crippen molar-refractivity contribution in [2.75, 3.05) is 6.61 Å². The van der Waals surface area contributed by atoms with E-state index < -0.39 is 60.3 Å². The van der Waals surface area contributed by atoms with Gasteiger partial charge in [0.1, 0.15) is 18.1 Å². The second-order valence-electron chi connectivity index (χ2n) is 11.3. The predicted molar refractivity (Wildman–Crippen MR) is 190 cm³/mol. The standard InChI is InChI=1S/C40H31ClO9S/c41-30-22-13-23-31(24-30)51-40-35(50-39(45)29-20-11-4-12-21-29)34(49-38(44)28-18-9-3-10-19-28)33(48-37(43)27-16-7-2-8-17-27)32(47-40)25-46-36(42)26-14-5-1-6-15-26/h1-24,32-35,40H,25H2/t32-,33-,34+,35-,40+/m1/s1. The Morgan fingerprint density at radius 3 is 1.43 bits per heavy atom. The maximum atomic E-state index is 13.7. The van der Waals surface area contributed by atoms with Crippen molar-refractivity contribution in [2.24, 2.45) is 0 Å². The maximum Gasteiger partial charge on any atom is 0.338 e. The first kappa shape index (κ1) is 35.4. The van der Waals surface area contributed by atoms with E-state index in [0.717, 1.165) is 11.8 Å². The Hall–Kier alpha value is -5.42. The summed E-state index contributed by atoms with van der Waals surface area (Å²) in [5, 5.41) is 0.448. The third-order valence-electron chi connectivity index (χ3n) is 7.79. The Labute approximate surface area is 303 Å². The Morgan fingerprint density at radius 1 is 0.529 bits per heavy atom. The minimum absolute atomic E-state index is 0.205. The van der Waals surface area contributed by atoms with Gasteiger partial charge in [0.05, 0.1) is 22.3 Å². The highest BCUT2D eigenvalue weighted by Crippen LogP contribution is 2.39. The number of hydrogen-bond acceptors (Lipinski definition) is 10. The number of hydrogen-bond donors (Lipinski definition) is 0. The molecule has 1 saturated heterocycles. The van der Waals surface area contributed by atoms with Gasteiger partial charge in [-0.3, -0.25) is 0 Å². The monoisotopic (exact) mass is 722 g/mol. The quantitative estimate of drug-likeness (QED) is 0.0993. The van der Waals surface area contributed by atoms with Gasteiger partial charge in [-0.15, -0.1) is 0 Å². The molecule has 6 rings (SSSR count). The third-order valence-corrected chi connectivity index (χ3v) is 9.16. The molecule has 1 aliphatic heterocycles. The van der Waals surface area contributed by atoms with Gasteiger partial charge in [0.15, 0.2) is 18.3 Å². The highest BCUT2D eigenvalue weighted by Gasteiger charge is 2.53.